The van der Waals surface area contributed by atoms with E-state index >= 15 is 0 Å². The molecule has 2 atom stereocenters. The van der Waals surface area contributed by atoms with E-state index in [-0.39, 0.29) is 17.1 Å². The van der Waals surface area contributed by atoms with Gasteiger partial charge in [-0.25, -0.2) is 8.78 Å². The number of halogens is 2. The molecule has 1 heterocycles. The van der Waals surface area contributed by atoms with Gasteiger partial charge in [-0.2, -0.15) is 0 Å². The first kappa shape index (κ1) is 15.4. The van der Waals surface area contributed by atoms with Gasteiger partial charge in [0.1, 0.15) is 11.6 Å². The second-order valence-corrected chi connectivity index (χ2v) is 6.84. The Bertz CT molecular complexity index is 523. The molecule has 0 radical (unpaired) electrons. The van der Waals surface area contributed by atoms with E-state index in [1.807, 2.05) is 27.7 Å². The Hall–Kier alpha value is -1.00. The topological polar surface area (TPSA) is 29.5 Å². The van der Waals surface area contributed by atoms with Crippen LogP contribution < -0.4 is 0 Å². The van der Waals surface area contributed by atoms with Crippen molar-refractivity contribution in [1.82, 2.24) is 0 Å². The van der Waals surface area contributed by atoms with Gasteiger partial charge in [0.25, 0.3) is 0 Å². The van der Waals surface area contributed by atoms with E-state index in [2.05, 4.69) is 0 Å². The Morgan fingerprint density at radius 1 is 1.20 bits per heavy atom. The summed E-state index contributed by atoms with van der Waals surface area (Å²) in [7, 11) is 0. The Morgan fingerprint density at radius 2 is 1.80 bits per heavy atom. The molecule has 4 heteroatoms. The Balaban J connectivity index is 2.37. The number of aliphatic hydroxyl groups is 1. The number of aliphatic hydroxyl groups excluding tert-OH is 1. The average molecular weight is 284 g/mol. The fourth-order valence-corrected chi connectivity index (χ4v) is 3.22. The SMILES string of the molecule is Cc1cc(C(O)C2CC(C)(C)OC2(C)C)c(F)cc1F. The summed E-state index contributed by atoms with van der Waals surface area (Å²) in [6.45, 7) is 9.25. The lowest BCUT2D eigenvalue weighted by Gasteiger charge is -2.30. The van der Waals surface area contributed by atoms with Crippen molar-refractivity contribution in [3.8, 4) is 0 Å². The van der Waals surface area contributed by atoms with Gasteiger partial charge >= 0.3 is 0 Å². The summed E-state index contributed by atoms with van der Waals surface area (Å²) in [6, 6.07) is 2.22. The van der Waals surface area contributed by atoms with Crippen molar-refractivity contribution in [3.05, 3.63) is 34.9 Å². The lowest BCUT2D eigenvalue weighted by molar-refractivity contribution is -0.0882. The molecule has 1 saturated heterocycles. The van der Waals surface area contributed by atoms with Gasteiger partial charge in [-0.05, 0) is 52.7 Å². The number of hydrogen-bond donors (Lipinski definition) is 1. The summed E-state index contributed by atoms with van der Waals surface area (Å²) >= 11 is 0. The monoisotopic (exact) mass is 284 g/mol. The molecule has 20 heavy (non-hydrogen) atoms. The molecule has 1 fully saturated rings. The molecule has 0 spiro atoms. The van der Waals surface area contributed by atoms with Gasteiger partial charge < -0.3 is 9.84 Å². The van der Waals surface area contributed by atoms with Crippen LogP contribution in [0.2, 0.25) is 0 Å². The molecule has 0 bridgehead atoms. The minimum absolute atomic E-state index is 0.142. The van der Waals surface area contributed by atoms with E-state index < -0.39 is 23.3 Å². The van der Waals surface area contributed by atoms with Gasteiger partial charge in [-0.15, -0.1) is 0 Å². The zero-order valence-corrected chi connectivity index (χ0v) is 12.6. The van der Waals surface area contributed by atoms with Gasteiger partial charge in [0.2, 0.25) is 0 Å². The third-order valence-corrected chi connectivity index (χ3v) is 4.12. The van der Waals surface area contributed by atoms with Crippen molar-refractivity contribution >= 4 is 0 Å². The summed E-state index contributed by atoms with van der Waals surface area (Å²) in [5.41, 5.74) is -0.446. The van der Waals surface area contributed by atoms with Crippen molar-refractivity contribution in [3.63, 3.8) is 0 Å². The predicted octanol–water partition coefficient (Wildman–Crippen LogP) is 3.90. The molecular weight excluding hydrogens is 262 g/mol. The van der Waals surface area contributed by atoms with Crippen molar-refractivity contribution < 1.29 is 18.6 Å². The first-order chi connectivity index (χ1) is 9.03. The van der Waals surface area contributed by atoms with Crippen LogP contribution >= 0.6 is 0 Å². The largest absolute Gasteiger partial charge is 0.388 e. The molecule has 2 unspecified atom stereocenters. The molecule has 0 aliphatic carbocycles. The molecular formula is C16H22F2O2. The molecule has 2 nitrogen and oxygen atoms in total. The quantitative estimate of drug-likeness (QED) is 0.892. The molecule has 1 N–H and O–H groups in total. The fraction of sp³-hybridized carbons (Fsp3) is 0.625. The fourth-order valence-electron chi connectivity index (χ4n) is 3.22. The maximum atomic E-state index is 13.9. The summed E-state index contributed by atoms with van der Waals surface area (Å²) in [5, 5.41) is 10.5. The lowest BCUT2D eigenvalue weighted by Crippen LogP contribution is -2.33. The van der Waals surface area contributed by atoms with E-state index in [0.29, 0.717) is 12.0 Å². The lowest BCUT2D eigenvalue weighted by atomic mass is 9.80. The van der Waals surface area contributed by atoms with Crippen LogP contribution in [-0.4, -0.2) is 16.3 Å². The zero-order chi connectivity index (χ0) is 15.3. The van der Waals surface area contributed by atoms with Crippen LogP contribution in [0.25, 0.3) is 0 Å². The van der Waals surface area contributed by atoms with Gasteiger partial charge in [0, 0.05) is 17.5 Å². The van der Waals surface area contributed by atoms with Gasteiger partial charge in [-0.3, -0.25) is 0 Å². The van der Waals surface area contributed by atoms with Gasteiger partial charge in [0.05, 0.1) is 17.3 Å². The van der Waals surface area contributed by atoms with E-state index in [1.54, 1.807) is 6.92 Å². The number of rotatable bonds is 2. The minimum atomic E-state index is -1.01. The van der Waals surface area contributed by atoms with Crippen LogP contribution in [0.4, 0.5) is 8.78 Å². The molecule has 2 rings (SSSR count). The van der Waals surface area contributed by atoms with Crippen molar-refractivity contribution in [2.75, 3.05) is 0 Å². The Morgan fingerprint density at radius 3 is 2.30 bits per heavy atom. The van der Waals surface area contributed by atoms with E-state index in [1.165, 1.54) is 6.07 Å². The van der Waals surface area contributed by atoms with E-state index in [0.717, 1.165) is 6.07 Å². The van der Waals surface area contributed by atoms with Crippen LogP contribution in [0.5, 0.6) is 0 Å². The average Bonchev–Trinajstić information content (AvgIpc) is 2.51. The second kappa shape index (κ2) is 4.78. The summed E-state index contributed by atoms with van der Waals surface area (Å²) in [4.78, 5) is 0. The standard InChI is InChI=1S/C16H22F2O2/c1-9-6-10(13(18)7-12(9)17)14(19)11-8-15(2,3)20-16(11,4)5/h6-7,11,14,19H,8H2,1-5H3. The highest BCUT2D eigenvalue weighted by Gasteiger charge is 2.49. The molecule has 1 aliphatic rings. The third-order valence-electron chi connectivity index (χ3n) is 4.12. The van der Waals surface area contributed by atoms with Crippen LogP contribution in [0.3, 0.4) is 0 Å². The molecule has 1 aliphatic heterocycles. The Kier molecular flexibility index (Phi) is 3.68. The maximum Gasteiger partial charge on any atom is 0.131 e. The van der Waals surface area contributed by atoms with E-state index in [4.69, 9.17) is 4.74 Å². The van der Waals surface area contributed by atoms with Gasteiger partial charge in [-0.1, -0.05) is 0 Å². The molecule has 1 aromatic rings. The molecule has 1 aromatic carbocycles. The number of hydrogen-bond acceptors (Lipinski definition) is 2. The van der Waals surface area contributed by atoms with E-state index in [9.17, 15) is 13.9 Å². The van der Waals surface area contributed by atoms with Crippen molar-refractivity contribution in [1.29, 1.82) is 0 Å². The Labute approximate surface area is 118 Å². The number of benzene rings is 1. The normalized spacial score (nSPS) is 25.7. The first-order valence-electron chi connectivity index (χ1n) is 6.87. The first-order valence-corrected chi connectivity index (χ1v) is 6.87. The highest BCUT2D eigenvalue weighted by Crippen LogP contribution is 2.48. The maximum absolute atomic E-state index is 13.9. The minimum Gasteiger partial charge on any atom is -0.388 e. The highest BCUT2D eigenvalue weighted by molar-refractivity contribution is 5.28. The highest BCUT2D eigenvalue weighted by atomic mass is 19.1. The predicted molar refractivity (Wildman–Crippen MR) is 73.4 cm³/mol. The third kappa shape index (κ3) is 2.72. The van der Waals surface area contributed by atoms with Gasteiger partial charge in [0.15, 0.2) is 0 Å². The van der Waals surface area contributed by atoms with Crippen molar-refractivity contribution in [2.45, 2.75) is 58.3 Å². The summed E-state index contributed by atoms with van der Waals surface area (Å²) in [6.07, 6.45) is -0.386. The molecule has 0 saturated carbocycles. The molecule has 0 aromatic heterocycles. The van der Waals surface area contributed by atoms with Crippen LogP contribution in [0.1, 0.15) is 51.3 Å². The number of ether oxygens (including phenoxy) is 1. The smallest absolute Gasteiger partial charge is 0.131 e. The summed E-state index contributed by atoms with van der Waals surface area (Å²) in [5.74, 6) is -1.54. The molecule has 0 amide bonds. The van der Waals surface area contributed by atoms with Crippen LogP contribution in [0.15, 0.2) is 12.1 Å². The second-order valence-electron chi connectivity index (χ2n) is 6.84. The summed E-state index contributed by atoms with van der Waals surface area (Å²) < 4.78 is 33.2. The van der Waals surface area contributed by atoms with Crippen LogP contribution in [0, 0.1) is 24.5 Å². The van der Waals surface area contributed by atoms with Crippen molar-refractivity contribution in [2.24, 2.45) is 5.92 Å². The number of aryl methyl sites for hydroxylation is 1. The molecule has 112 valence electrons. The van der Waals surface area contributed by atoms with Crippen LogP contribution in [-0.2, 0) is 4.74 Å². The zero-order valence-electron chi connectivity index (χ0n) is 12.6.